The molecular weight excluding hydrogens is 552 g/mol. The molecule has 0 bridgehead atoms. The van der Waals surface area contributed by atoms with E-state index in [0.717, 1.165) is 0 Å². The zero-order valence-corrected chi connectivity index (χ0v) is 21.7. The molecule has 0 spiro atoms. The summed E-state index contributed by atoms with van der Waals surface area (Å²) in [6, 6.07) is 20.6. The number of nitrogens with one attached hydrogen (secondary N) is 1. The van der Waals surface area contributed by atoms with Crippen LogP contribution in [0.1, 0.15) is 18.1 Å². The molecule has 13 heteroatoms. The van der Waals surface area contributed by atoms with Gasteiger partial charge in [-0.2, -0.15) is 18.3 Å². The summed E-state index contributed by atoms with van der Waals surface area (Å²) in [5.41, 5.74) is -1.71. The number of hydrogen-bond acceptors (Lipinski definition) is 7. The lowest BCUT2D eigenvalue weighted by Crippen LogP contribution is -2.35. The van der Waals surface area contributed by atoms with E-state index in [-0.39, 0.29) is 18.4 Å². The molecule has 0 radical (unpaired) electrons. The summed E-state index contributed by atoms with van der Waals surface area (Å²) < 4.78 is 70.0. The highest BCUT2D eigenvalue weighted by Crippen LogP contribution is 2.49. The Labute approximate surface area is 226 Å². The van der Waals surface area contributed by atoms with Crippen LogP contribution >= 0.6 is 7.75 Å². The van der Waals surface area contributed by atoms with Gasteiger partial charge in [-0.15, -0.1) is 0 Å². The average molecular weight is 574 g/mol. The molecule has 0 heterocycles. The van der Waals surface area contributed by atoms with E-state index in [1.807, 2.05) is 0 Å². The molecule has 2 atom stereocenters. The van der Waals surface area contributed by atoms with E-state index in [0.29, 0.717) is 28.5 Å². The van der Waals surface area contributed by atoms with Crippen molar-refractivity contribution in [3.8, 4) is 11.5 Å². The molecule has 0 saturated heterocycles. The highest BCUT2D eigenvalue weighted by molar-refractivity contribution is 7.52. The van der Waals surface area contributed by atoms with Gasteiger partial charge in [0.25, 0.3) is 0 Å². The Hall–Kier alpha value is -4.41. The lowest BCUT2D eigenvalue weighted by molar-refractivity contribution is -0.385. The monoisotopic (exact) mass is 574 g/mol. The predicted octanol–water partition coefficient (Wildman–Crippen LogP) is 7.05. The minimum atomic E-state index is -4.87. The standard InChI is InChI=1S/C27H22F3N2O7P/c1-18(26(33)37-17-19-8-3-2-4-9-19)31-40(36,38-24-13-7-11-20-10-5-6-12-22(20)24)39-25-15-14-21(27(28,29)30)16-23(25)32(34)35/h2-16,18H,17H2,1H3,(H,31,36)/t18-,40?/m0/s1. The molecule has 4 aromatic carbocycles. The molecular formula is C27H22F3N2O7P. The summed E-state index contributed by atoms with van der Waals surface area (Å²) in [5.74, 6) is -1.58. The summed E-state index contributed by atoms with van der Waals surface area (Å²) in [7, 11) is -4.73. The Bertz CT molecular complexity index is 1580. The summed E-state index contributed by atoms with van der Waals surface area (Å²) in [6.45, 7) is 1.21. The van der Waals surface area contributed by atoms with Crippen molar-refractivity contribution in [2.75, 3.05) is 0 Å². The lowest BCUT2D eigenvalue weighted by Gasteiger charge is -2.23. The maximum Gasteiger partial charge on any atom is 0.513 e. The highest BCUT2D eigenvalue weighted by Gasteiger charge is 2.38. The van der Waals surface area contributed by atoms with Gasteiger partial charge >= 0.3 is 25.6 Å². The fourth-order valence-electron chi connectivity index (χ4n) is 3.66. The summed E-state index contributed by atoms with van der Waals surface area (Å²) in [6.07, 6.45) is -4.87. The molecule has 0 fully saturated rings. The van der Waals surface area contributed by atoms with E-state index < -0.39 is 47.9 Å². The first-order chi connectivity index (χ1) is 18.9. The Morgan fingerprint density at radius 3 is 2.30 bits per heavy atom. The third-order valence-corrected chi connectivity index (χ3v) is 7.18. The first-order valence-corrected chi connectivity index (χ1v) is 13.3. The molecule has 1 unspecified atom stereocenters. The molecule has 0 aliphatic carbocycles. The molecule has 0 amide bonds. The zero-order valence-electron chi connectivity index (χ0n) is 20.8. The Kier molecular flexibility index (Phi) is 8.41. The number of alkyl halides is 3. The molecule has 40 heavy (non-hydrogen) atoms. The molecule has 4 aromatic rings. The molecule has 0 aliphatic heterocycles. The SMILES string of the molecule is C[C@H](NP(=O)(Oc1ccc(C(F)(F)F)cc1[N+](=O)[O-])Oc1cccc2ccccc12)C(=O)OCc1ccccc1. The highest BCUT2D eigenvalue weighted by atomic mass is 31.2. The number of fused-ring (bicyclic) bond motifs is 1. The molecule has 208 valence electrons. The van der Waals surface area contributed by atoms with Crippen molar-refractivity contribution < 1.29 is 41.2 Å². The number of carbonyl (C=O) groups excluding carboxylic acids is 1. The van der Waals surface area contributed by atoms with Crippen LogP contribution in [0.2, 0.25) is 0 Å². The molecule has 0 aromatic heterocycles. The van der Waals surface area contributed by atoms with Gasteiger partial charge in [0.2, 0.25) is 5.75 Å². The summed E-state index contributed by atoms with van der Waals surface area (Å²) >= 11 is 0. The first kappa shape index (κ1) is 28.6. The number of ether oxygens (including phenoxy) is 1. The van der Waals surface area contributed by atoms with Crippen LogP contribution in [0.25, 0.3) is 10.8 Å². The van der Waals surface area contributed by atoms with Crippen LogP contribution in [-0.4, -0.2) is 16.9 Å². The number of rotatable bonds is 10. The van der Waals surface area contributed by atoms with E-state index in [4.69, 9.17) is 13.8 Å². The molecule has 1 N–H and O–H groups in total. The van der Waals surface area contributed by atoms with Crippen molar-refractivity contribution in [1.82, 2.24) is 5.09 Å². The number of carbonyl (C=O) groups is 1. The zero-order chi connectivity index (χ0) is 28.9. The van der Waals surface area contributed by atoms with Gasteiger partial charge in [-0.1, -0.05) is 66.7 Å². The van der Waals surface area contributed by atoms with Crippen molar-refractivity contribution >= 4 is 30.2 Å². The third kappa shape index (κ3) is 6.96. The number of nitro benzene ring substituents is 1. The Morgan fingerprint density at radius 1 is 0.950 bits per heavy atom. The second kappa shape index (κ2) is 11.8. The Morgan fingerprint density at radius 2 is 1.60 bits per heavy atom. The Balaban J connectivity index is 1.67. The van der Waals surface area contributed by atoms with Crippen LogP contribution in [0.4, 0.5) is 18.9 Å². The van der Waals surface area contributed by atoms with Gasteiger partial charge in [-0.3, -0.25) is 14.9 Å². The van der Waals surface area contributed by atoms with Gasteiger partial charge in [0.15, 0.2) is 0 Å². The van der Waals surface area contributed by atoms with E-state index in [9.17, 15) is 32.6 Å². The topological polar surface area (TPSA) is 117 Å². The van der Waals surface area contributed by atoms with E-state index in [1.54, 1.807) is 66.7 Å². The van der Waals surface area contributed by atoms with Crippen molar-refractivity contribution in [2.45, 2.75) is 25.7 Å². The fraction of sp³-hybridized carbons (Fsp3) is 0.148. The van der Waals surface area contributed by atoms with E-state index in [1.165, 1.54) is 13.0 Å². The van der Waals surface area contributed by atoms with Gasteiger partial charge in [0.05, 0.1) is 10.5 Å². The molecule has 9 nitrogen and oxygen atoms in total. The number of hydrogen-bond donors (Lipinski definition) is 1. The average Bonchev–Trinajstić information content (AvgIpc) is 2.91. The largest absolute Gasteiger partial charge is 0.513 e. The van der Waals surface area contributed by atoms with Crippen molar-refractivity contribution in [2.24, 2.45) is 0 Å². The molecule has 0 saturated carbocycles. The van der Waals surface area contributed by atoms with Crippen molar-refractivity contribution in [3.63, 3.8) is 0 Å². The van der Waals surface area contributed by atoms with Gasteiger partial charge in [0, 0.05) is 11.5 Å². The van der Waals surface area contributed by atoms with Crippen LogP contribution in [0.3, 0.4) is 0 Å². The quantitative estimate of drug-likeness (QED) is 0.0927. The maximum absolute atomic E-state index is 14.0. The summed E-state index contributed by atoms with van der Waals surface area (Å²) in [5, 5.41) is 15.2. The molecule has 0 aliphatic rings. The van der Waals surface area contributed by atoms with Crippen LogP contribution in [-0.2, 0) is 26.9 Å². The van der Waals surface area contributed by atoms with E-state index in [2.05, 4.69) is 5.09 Å². The second-order valence-corrected chi connectivity index (χ2v) is 10.2. The van der Waals surface area contributed by atoms with Crippen molar-refractivity contribution in [1.29, 1.82) is 0 Å². The van der Waals surface area contributed by atoms with Gasteiger partial charge in [0.1, 0.15) is 18.4 Å². The predicted molar refractivity (Wildman–Crippen MR) is 140 cm³/mol. The van der Waals surface area contributed by atoms with Gasteiger partial charge in [-0.25, -0.2) is 4.57 Å². The number of nitrogens with zero attached hydrogens (tertiary/aromatic N) is 1. The van der Waals surface area contributed by atoms with Crippen LogP contribution in [0.5, 0.6) is 11.5 Å². The second-order valence-electron chi connectivity index (χ2n) is 8.54. The fourth-order valence-corrected chi connectivity index (χ4v) is 5.22. The number of benzene rings is 4. The number of nitro groups is 1. The van der Waals surface area contributed by atoms with Crippen molar-refractivity contribution in [3.05, 3.63) is 112 Å². The smallest absolute Gasteiger partial charge is 0.460 e. The van der Waals surface area contributed by atoms with Crippen LogP contribution in [0, 0.1) is 10.1 Å². The van der Waals surface area contributed by atoms with E-state index >= 15 is 0 Å². The van der Waals surface area contributed by atoms with Gasteiger partial charge < -0.3 is 13.8 Å². The summed E-state index contributed by atoms with van der Waals surface area (Å²) in [4.78, 5) is 23.2. The van der Waals surface area contributed by atoms with Crippen LogP contribution in [0.15, 0.2) is 91.0 Å². The normalized spacial score (nSPS) is 13.7. The minimum Gasteiger partial charge on any atom is -0.460 e. The van der Waals surface area contributed by atoms with Gasteiger partial charge in [-0.05, 0) is 36.1 Å². The molecule has 4 rings (SSSR count). The van der Waals surface area contributed by atoms with Crippen LogP contribution < -0.4 is 14.1 Å². The maximum atomic E-state index is 14.0. The number of esters is 1. The minimum absolute atomic E-state index is 0.0355. The first-order valence-electron chi connectivity index (χ1n) is 11.8. The lowest BCUT2D eigenvalue weighted by atomic mass is 10.1. The third-order valence-electron chi connectivity index (χ3n) is 5.60. The number of halogens is 3.